The average Bonchev–Trinajstić information content (AvgIpc) is 3.00. The molecule has 11 heteroatoms. The number of nitrogen functional groups attached to an aromatic ring is 1. The lowest BCUT2D eigenvalue weighted by atomic mass is 9.66. The lowest BCUT2D eigenvalue weighted by Gasteiger charge is -2.55. The summed E-state index contributed by atoms with van der Waals surface area (Å²) in [5.41, 5.74) is 4.66. The summed E-state index contributed by atoms with van der Waals surface area (Å²) < 4.78 is 26.4. The van der Waals surface area contributed by atoms with Gasteiger partial charge in [-0.2, -0.15) is 0 Å². The number of ether oxygens (including phenoxy) is 1. The van der Waals surface area contributed by atoms with Crippen molar-refractivity contribution in [2.24, 2.45) is 5.41 Å². The van der Waals surface area contributed by atoms with Crippen LogP contribution in [0.3, 0.4) is 0 Å². The highest BCUT2D eigenvalue weighted by Gasteiger charge is 2.63. The molecule has 3 unspecified atom stereocenters. The summed E-state index contributed by atoms with van der Waals surface area (Å²) in [7, 11) is 0. The summed E-state index contributed by atoms with van der Waals surface area (Å²) in [5.74, 6) is -2.13. The zero-order chi connectivity index (χ0) is 20.7. The van der Waals surface area contributed by atoms with Gasteiger partial charge in [0.05, 0.1) is 29.3 Å². The van der Waals surface area contributed by atoms with Gasteiger partial charge >= 0.3 is 6.03 Å². The topological polar surface area (TPSA) is 140 Å². The number of nitrogens with one attached hydrogen (secondary N) is 2. The fourth-order valence-corrected chi connectivity index (χ4v) is 4.97. The molecular weight excluding hydrogens is 385 g/mol. The predicted octanol–water partition coefficient (Wildman–Crippen LogP) is 0.440. The number of nitrogens with zero attached hydrogens (tertiary/aromatic N) is 2. The second kappa shape index (κ2) is 5.66. The van der Waals surface area contributed by atoms with Crippen LogP contribution in [0, 0.1) is 11.2 Å². The molecular formula is C18H18FN5O5. The molecule has 10 nitrogen and oxygen atoms in total. The van der Waals surface area contributed by atoms with Crippen LogP contribution in [0.25, 0.3) is 11.0 Å². The number of aromatic nitrogens is 1. The number of benzene rings is 1. The number of barbiturate groups is 1. The van der Waals surface area contributed by atoms with Crippen LogP contribution in [0.15, 0.2) is 10.6 Å². The summed E-state index contributed by atoms with van der Waals surface area (Å²) in [6.07, 6.45) is -1.00. The van der Waals surface area contributed by atoms with E-state index in [4.69, 9.17) is 15.0 Å². The van der Waals surface area contributed by atoms with E-state index in [0.29, 0.717) is 5.56 Å². The van der Waals surface area contributed by atoms with Gasteiger partial charge in [-0.15, -0.1) is 0 Å². The zero-order valence-corrected chi connectivity index (χ0v) is 15.6. The summed E-state index contributed by atoms with van der Waals surface area (Å²) in [6, 6.07) is -0.128. The minimum Gasteiger partial charge on any atom is -0.380 e. The van der Waals surface area contributed by atoms with Gasteiger partial charge in [-0.1, -0.05) is 5.16 Å². The van der Waals surface area contributed by atoms with Crippen molar-refractivity contribution in [3.8, 4) is 0 Å². The van der Waals surface area contributed by atoms with Crippen molar-refractivity contribution in [1.82, 2.24) is 15.8 Å². The quantitative estimate of drug-likeness (QED) is 0.539. The van der Waals surface area contributed by atoms with E-state index < -0.39 is 41.2 Å². The largest absolute Gasteiger partial charge is 0.380 e. The highest BCUT2D eigenvalue weighted by molar-refractivity contribution is 6.20. The zero-order valence-electron chi connectivity index (χ0n) is 15.6. The Kier molecular flexibility index (Phi) is 3.49. The Bertz CT molecular complexity index is 1080. The van der Waals surface area contributed by atoms with E-state index in [0.717, 1.165) is 0 Å². The molecule has 1 spiro atoms. The molecule has 2 saturated heterocycles. The molecule has 3 aliphatic rings. The van der Waals surface area contributed by atoms with E-state index in [9.17, 15) is 14.4 Å². The SMILES string of the molecule is CC1CN2c3c(cc4c(N)noc4c3F)CC3(C(=O)NC(=O)NC3=O)C2C(C)O1. The molecule has 1 aromatic carbocycles. The van der Waals surface area contributed by atoms with Crippen LogP contribution in [0.4, 0.5) is 20.7 Å². The van der Waals surface area contributed by atoms with E-state index >= 15 is 4.39 Å². The summed E-state index contributed by atoms with van der Waals surface area (Å²) in [5, 5.41) is 8.25. The number of morpholine rings is 1. The standard InChI is InChI=1S/C18H18FN5O5/c1-6-5-24-11-8(3-9-12(10(11)19)29-23-14(9)20)4-18(13(24)7(2)28-6)15(25)21-17(27)22-16(18)26/h3,6-7,13H,4-5H2,1-2H3,(H2,20,23)(H2,21,22,25,26,27). The van der Waals surface area contributed by atoms with Crippen LogP contribution in [-0.2, 0) is 20.7 Å². The number of anilines is 2. The van der Waals surface area contributed by atoms with Gasteiger partial charge in [-0.05, 0) is 25.5 Å². The molecule has 0 radical (unpaired) electrons. The van der Waals surface area contributed by atoms with Crippen molar-refractivity contribution in [2.45, 2.75) is 38.5 Å². The molecule has 5 rings (SSSR count). The first-order chi connectivity index (χ1) is 13.7. The van der Waals surface area contributed by atoms with Crippen LogP contribution >= 0.6 is 0 Å². The van der Waals surface area contributed by atoms with E-state index in [1.165, 1.54) is 0 Å². The summed E-state index contributed by atoms with van der Waals surface area (Å²) in [6.45, 7) is 3.78. The second-order valence-corrected chi connectivity index (χ2v) is 7.78. The van der Waals surface area contributed by atoms with Crippen LogP contribution in [0.1, 0.15) is 19.4 Å². The van der Waals surface area contributed by atoms with Gasteiger partial charge in [-0.3, -0.25) is 20.2 Å². The first-order valence-corrected chi connectivity index (χ1v) is 9.19. The number of rotatable bonds is 0. The van der Waals surface area contributed by atoms with Crippen molar-refractivity contribution >= 4 is 40.3 Å². The Morgan fingerprint density at radius 3 is 2.66 bits per heavy atom. The maximum atomic E-state index is 15.5. The third-order valence-electron chi connectivity index (χ3n) is 5.99. The molecule has 3 atom stereocenters. The number of hydrogen-bond acceptors (Lipinski definition) is 8. The minimum atomic E-state index is -1.67. The lowest BCUT2D eigenvalue weighted by Crippen LogP contribution is -2.75. The van der Waals surface area contributed by atoms with E-state index in [1.807, 2.05) is 6.92 Å². The molecule has 3 aliphatic heterocycles. The highest BCUT2D eigenvalue weighted by atomic mass is 19.1. The van der Waals surface area contributed by atoms with Gasteiger partial charge in [0.1, 0.15) is 0 Å². The third kappa shape index (κ3) is 2.18. The molecule has 152 valence electrons. The fourth-order valence-electron chi connectivity index (χ4n) is 4.97. The molecule has 0 saturated carbocycles. The number of carbonyl (C=O) groups excluding carboxylic acids is 3. The van der Waals surface area contributed by atoms with Gasteiger partial charge in [0.2, 0.25) is 17.4 Å². The summed E-state index contributed by atoms with van der Waals surface area (Å²) in [4.78, 5) is 39.4. The molecule has 4 N–H and O–H groups in total. The maximum Gasteiger partial charge on any atom is 0.328 e. The number of urea groups is 1. The third-order valence-corrected chi connectivity index (χ3v) is 5.99. The number of fused-ring (bicyclic) bond motifs is 5. The molecule has 0 aliphatic carbocycles. The Labute approximate surface area is 163 Å². The lowest BCUT2D eigenvalue weighted by molar-refractivity contribution is -0.153. The maximum absolute atomic E-state index is 15.5. The highest BCUT2D eigenvalue weighted by Crippen LogP contribution is 2.49. The number of imide groups is 2. The normalized spacial score (nSPS) is 28.2. The second-order valence-electron chi connectivity index (χ2n) is 7.78. The minimum absolute atomic E-state index is 0.00862. The molecule has 1 aromatic heterocycles. The molecule has 4 amide bonds. The van der Waals surface area contributed by atoms with Gasteiger partial charge in [0, 0.05) is 13.0 Å². The average molecular weight is 403 g/mol. The van der Waals surface area contributed by atoms with Crippen LogP contribution in [0.5, 0.6) is 0 Å². The Hall–Kier alpha value is -3.21. The fraction of sp³-hybridized carbons (Fsp3) is 0.444. The number of nitrogens with two attached hydrogens (primary N) is 1. The Balaban J connectivity index is 1.79. The van der Waals surface area contributed by atoms with Gasteiger partial charge in [-0.25, -0.2) is 9.18 Å². The van der Waals surface area contributed by atoms with Crippen molar-refractivity contribution in [2.75, 3.05) is 17.2 Å². The molecule has 29 heavy (non-hydrogen) atoms. The molecule has 4 heterocycles. The monoisotopic (exact) mass is 403 g/mol. The Morgan fingerprint density at radius 2 is 1.97 bits per heavy atom. The van der Waals surface area contributed by atoms with Gasteiger partial charge in [0.25, 0.3) is 0 Å². The molecule has 0 bridgehead atoms. The predicted molar refractivity (Wildman–Crippen MR) is 97.3 cm³/mol. The summed E-state index contributed by atoms with van der Waals surface area (Å²) >= 11 is 0. The first kappa shape index (κ1) is 17.9. The molecule has 2 fully saturated rings. The van der Waals surface area contributed by atoms with E-state index in [-0.39, 0.29) is 41.5 Å². The number of amides is 4. The van der Waals surface area contributed by atoms with Crippen molar-refractivity contribution in [3.63, 3.8) is 0 Å². The number of halogens is 1. The smallest absolute Gasteiger partial charge is 0.328 e. The van der Waals surface area contributed by atoms with Crippen molar-refractivity contribution < 1.29 is 28.0 Å². The Morgan fingerprint density at radius 1 is 1.28 bits per heavy atom. The van der Waals surface area contributed by atoms with E-state index in [2.05, 4.69) is 15.8 Å². The first-order valence-electron chi connectivity index (χ1n) is 9.19. The van der Waals surface area contributed by atoms with Crippen LogP contribution < -0.4 is 21.3 Å². The molecule has 2 aromatic rings. The van der Waals surface area contributed by atoms with Gasteiger partial charge in [0.15, 0.2) is 17.1 Å². The van der Waals surface area contributed by atoms with Crippen molar-refractivity contribution in [1.29, 1.82) is 0 Å². The number of carbonyl (C=O) groups is 3. The van der Waals surface area contributed by atoms with Crippen LogP contribution in [0.2, 0.25) is 0 Å². The van der Waals surface area contributed by atoms with Crippen molar-refractivity contribution in [3.05, 3.63) is 17.4 Å². The van der Waals surface area contributed by atoms with Gasteiger partial charge < -0.3 is 19.9 Å². The van der Waals surface area contributed by atoms with Crippen LogP contribution in [-0.4, -0.2) is 47.8 Å². The van der Waals surface area contributed by atoms with E-state index in [1.54, 1.807) is 17.9 Å². The number of hydrogen-bond donors (Lipinski definition) is 3.